The molecule has 1 aromatic heterocycles. The van der Waals surface area contributed by atoms with Crippen LogP contribution in [-0.2, 0) is 12.0 Å². The first-order valence-electron chi connectivity index (χ1n) is 7.64. The molecule has 0 aliphatic rings. The van der Waals surface area contributed by atoms with E-state index >= 15 is 0 Å². The number of carbonyl (C=O) groups excluding carboxylic acids is 1. The fourth-order valence-electron chi connectivity index (χ4n) is 2.43. The van der Waals surface area contributed by atoms with Crippen LogP contribution in [0.3, 0.4) is 0 Å². The van der Waals surface area contributed by atoms with Gasteiger partial charge in [0.25, 0.3) is 5.91 Å². The fourth-order valence-corrected chi connectivity index (χ4v) is 2.43. The molecule has 1 aromatic carbocycles. The Morgan fingerprint density at radius 3 is 2.41 bits per heavy atom. The van der Waals surface area contributed by atoms with Crippen molar-refractivity contribution in [3.63, 3.8) is 0 Å². The van der Waals surface area contributed by atoms with E-state index in [1.54, 1.807) is 6.92 Å². The number of nitrogens with zero attached hydrogens (tertiary/aromatic N) is 2. The molecule has 4 nitrogen and oxygen atoms in total. The summed E-state index contributed by atoms with van der Waals surface area (Å²) < 4.78 is 5.29. The third-order valence-electron chi connectivity index (χ3n) is 3.67. The van der Waals surface area contributed by atoms with Gasteiger partial charge in [0.1, 0.15) is 17.0 Å². The average molecular weight is 300 g/mol. The monoisotopic (exact) mass is 300 g/mol. The molecule has 2 aromatic rings. The van der Waals surface area contributed by atoms with E-state index in [1.165, 1.54) is 0 Å². The number of aryl methyl sites for hydroxylation is 1. The van der Waals surface area contributed by atoms with Gasteiger partial charge in [-0.25, -0.2) is 0 Å². The zero-order valence-electron chi connectivity index (χ0n) is 14.0. The molecule has 0 unspecified atom stereocenters. The maximum Gasteiger partial charge on any atom is 0.259 e. The van der Waals surface area contributed by atoms with E-state index < -0.39 is 0 Å². The molecule has 0 saturated heterocycles. The highest BCUT2D eigenvalue weighted by atomic mass is 16.5. The van der Waals surface area contributed by atoms with Crippen molar-refractivity contribution in [3.05, 3.63) is 52.9 Å². The first-order chi connectivity index (χ1) is 10.3. The van der Waals surface area contributed by atoms with E-state index in [9.17, 15) is 4.79 Å². The van der Waals surface area contributed by atoms with E-state index in [-0.39, 0.29) is 11.3 Å². The summed E-state index contributed by atoms with van der Waals surface area (Å²) in [6, 6.07) is 10.0. The van der Waals surface area contributed by atoms with Crippen LogP contribution in [-0.4, -0.2) is 22.5 Å². The molecular weight excluding hydrogens is 276 g/mol. The van der Waals surface area contributed by atoms with Crippen LogP contribution in [0.25, 0.3) is 0 Å². The minimum Gasteiger partial charge on any atom is -0.361 e. The van der Waals surface area contributed by atoms with Gasteiger partial charge in [0.2, 0.25) is 0 Å². The highest BCUT2D eigenvalue weighted by molar-refractivity contribution is 5.96. The van der Waals surface area contributed by atoms with Gasteiger partial charge >= 0.3 is 0 Å². The highest BCUT2D eigenvalue weighted by Crippen LogP contribution is 2.28. The van der Waals surface area contributed by atoms with E-state index in [0.717, 1.165) is 11.3 Å². The minimum atomic E-state index is -0.227. The number of benzene rings is 1. The van der Waals surface area contributed by atoms with Crippen molar-refractivity contribution in [2.45, 2.75) is 46.6 Å². The molecule has 1 amide bonds. The first kappa shape index (κ1) is 16.3. The van der Waals surface area contributed by atoms with Gasteiger partial charge in [-0.2, -0.15) is 0 Å². The van der Waals surface area contributed by atoms with Gasteiger partial charge in [-0.05, 0) is 19.4 Å². The summed E-state index contributed by atoms with van der Waals surface area (Å²) in [5.74, 6) is 0.566. The van der Waals surface area contributed by atoms with Crippen LogP contribution in [0.15, 0.2) is 34.9 Å². The molecule has 0 spiro atoms. The normalized spacial score (nSPS) is 11.5. The van der Waals surface area contributed by atoms with Gasteiger partial charge in [-0.1, -0.05) is 56.3 Å². The maximum atomic E-state index is 13.0. The van der Waals surface area contributed by atoms with Crippen molar-refractivity contribution in [2.75, 3.05) is 6.54 Å². The summed E-state index contributed by atoms with van der Waals surface area (Å²) in [5.41, 5.74) is 2.21. The molecule has 0 aliphatic heterocycles. The predicted molar refractivity (Wildman–Crippen MR) is 86.8 cm³/mol. The third kappa shape index (κ3) is 3.38. The molecule has 0 saturated carbocycles. The molecule has 4 heteroatoms. The van der Waals surface area contributed by atoms with Crippen molar-refractivity contribution in [3.8, 4) is 0 Å². The maximum absolute atomic E-state index is 13.0. The lowest BCUT2D eigenvalue weighted by Gasteiger charge is -2.23. The van der Waals surface area contributed by atoms with Crippen LogP contribution in [0, 0.1) is 6.92 Å². The van der Waals surface area contributed by atoms with Crippen LogP contribution >= 0.6 is 0 Å². The zero-order chi connectivity index (χ0) is 16.3. The van der Waals surface area contributed by atoms with Gasteiger partial charge in [0.15, 0.2) is 0 Å². The summed E-state index contributed by atoms with van der Waals surface area (Å²) in [6.45, 7) is 11.1. The van der Waals surface area contributed by atoms with Crippen molar-refractivity contribution in [1.29, 1.82) is 0 Å². The Balaban J connectivity index is 2.32. The molecule has 0 radical (unpaired) electrons. The number of amides is 1. The third-order valence-corrected chi connectivity index (χ3v) is 3.67. The van der Waals surface area contributed by atoms with E-state index in [1.807, 2.05) is 62.9 Å². The SMILES string of the molecule is CCN(Cc1ccccc1)C(=O)c1c(C(C)(C)C)noc1C. The van der Waals surface area contributed by atoms with Crippen molar-refractivity contribution >= 4 is 5.91 Å². The number of hydrogen-bond donors (Lipinski definition) is 0. The van der Waals surface area contributed by atoms with E-state index in [4.69, 9.17) is 4.52 Å². The van der Waals surface area contributed by atoms with Gasteiger partial charge in [-0.15, -0.1) is 0 Å². The molecule has 0 aliphatic carbocycles. The van der Waals surface area contributed by atoms with Crippen molar-refractivity contribution < 1.29 is 9.32 Å². The van der Waals surface area contributed by atoms with Crippen molar-refractivity contribution in [2.24, 2.45) is 0 Å². The van der Waals surface area contributed by atoms with Crippen LogP contribution in [0.1, 0.15) is 55.1 Å². The number of aromatic nitrogens is 1. The Hall–Kier alpha value is -2.10. The standard InChI is InChI=1S/C18H24N2O2/c1-6-20(12-14-10-8-7-9-11-14)17(21)15-13(2)22-19-16(15)18(3,4)5/h7-11H,6,12H2,1-5H3. The van der Waals surface area contributed by atoms with Gasteiger partial charge in [0.05, 0.1) is 0 Å². The lowest BCUT2D eigenvalue weighted by molar-refractivity contribution is 0.0748. The summed E-state index contributed by atoms with van der Waals surface area (Å²) in [4.78, 5) is 14.8. The molecule has 0 N–H and O–H groups in total. The highest BCUT2D eigenvalue weighted by Gasteiger charge is 2.30. The molecule has 118 valence electrons. The van der Waals surface area contributed by atoms with E-state index in [2.05, 4.69) is 5.16 Å². The van der Waals surface area contributed by atoms with Gasteiger partial charge < -0.3 is 9.42 Å². The number of rotatable bonds is 4. The largest absolute Gasteiger partial charge is 0.361 e. The molecule has 0 atom stereocenters. The first-order valence-corrected chi connectivity index (χ1v) is 7.64. The lowest BCUT2D eigenvalue weighted by Crippen LogP contribution is -2.32. The molecule has 22 heavy (non-hydrogen) atoms. The average Bonchev–Trinajstić information content (AvgIpc) is 2.87. The number of carbonyl (C=O) groups is 1. The fraction of sp³-hybridized carbons (Fsp3) is 0.444. The van der Waals surface area contributed by atoms with Crippen molar-refractivity contribution in [1.82, 2.24) is 10.1 Å². The Morgan fingerprint density at radius 2 is 1.86 bits per heavy atom. The summed E-state index contributed by atoms with van der Waals surface area (Å²) in [5, 5.41) is 4.11. The molecule has 0 fully saturated rings. The van der Waals surface area contributed by atoms with Gasteiger partial charge in [-0.3, -0.25) is 4.79 Å². The lowest BCUT2D eigenvalue weighted by atomic mass is 9.88. The molecular formula is C18H24N2O2. The summed E-state index contributed by atoms with van der Waals surface area (Å²) in [7, 11) is 0. The Kier molecular flexibility index (Phi) is 4.69. The topological polar surface area (TPSA) is 46.3 Å². The summed E-state index contributed by atoms with van der Waals surface area (Å²) in [6.07, 6.45) is 0. The molecule has 1 heterocycles. The van der Waals surface area contributed by atoms with Crippen LogP contribution in [0.4, 0.5) is 0 Å². The smallest absolute Gasteiger partial charge is 0.259 e. The molecule has 2 rings (SSSR count). The zero-order valence-corrected chi connectivity index (χ0v) is 14.0. The van der Waals surface area contributed by atoms with Crippen LogP contribution < -0.4 is 0 Å². The number of hydrogen-bond acceptors (Lipinski definition) is 3. The Labute approximate surface area is 132 Å². The molecule has 0 bridgehead atoms. The van der Waals surface area contributed by atoms with Crippen LogP contribution in [0.2, 0.25) is 0 Å². The quantitative estimate of drug-likeness (QED) is 0.859. The van der Waals surface area contributed by atoms with E-state index in [0.29, 0.717) is 24.4 Å². The second-order valence-electron chi connectivity index (χ2n) is 6.52. The summed E-state index contributed by atoms with van der Waals surface area (Å²) >= 11 is 0. The predicted octanol–water partition coefficient (Wildman–Crippen LogP) is 3.94. The second kappa shape index (κ2) is 6.34. The Morgan fingerprint density at radius 1 is 1.23 bits per heavy atom. The minimum absolute atomic E-state index is 0.0185. The van der Waals surface area contributed by atoms with Crippen LogP contribution in [0.5, 0.6) is 0 Å². The second-order valence-corrected chi connectivity index (χ2v) is 6.52. The Bertz CT molecular complexity index is 639. The van der Waals surface area contributed by atoms with Gasteiger partial charge in [0, 0.05) is 18.5 Å².